The van der Waals surface area contributed by atoms with Gasteiger partial charge in [-0.3, -0.25) is 0 Å². The van der Waals surface area contributed by atoms with Crippen LogP contribution in [0.25, 0.3) is 0 Å². The van der Waals surface area contributed by atoms with Crippen molar-refractivity contribution >= 4 is 0 Å². The first-order chi connectivity index (χ1) is 11.2. The van der Waals surface area contributed by atoms with Crippen molar-refractivity contribution in [2.75, 3.05) is 0 Å². The second-order valence-corrected chi connectivity index (χ2v) is 7.55. The molecule has 0 saturated carbocycles. The number of rotatable bonds is 13. The van der Waals surface area contributed by atoms with E-state index in [2.05, 4.69) is 52.0 Å². The zero-order valence-electron chi connectivity index (χ0n) is 16.2. The molecule has 0 aromatic heterocycles. The molecule has 0 nitrogen and oxygen atoms in total. The molecule has 0 amide bonds. The Bertz CT molecular complexity index is 376. The predicted molar refractivity (Wildman–Crippen MR) is 112 cm³/mol. The molecule has 0 spiro atoms. The molecular formula is C24H44. The first kappa shape index (κ1) is 23.2. The Labute approximate surface area is 153 Å². The molecule has 140 valence electrons. The van der Waals surface area contributed by atoms with E-state index in [1.165, 1.54) is 76.2 Å². The Kier molecular flexibility index (Phi) is 14.1. The van der Waals surface area contributed by atoms with Crippen molar-refractivity contribution in [1.29, 1.82) is 0 Å². The smallest absolute Gasteiger partial charge is 0.0136 e. The van der Waals surface area contributed by atoms with E-state index in [-0.39, 0.29) is 7.43 Å². The van der Waals surface area contributed by atoms with Gasteiger partial charge < -0.3 is 0 Å². The average Bonchev–Trinajstić information content (AvgIpc) is 2.56. The highest BCUT2D eigenvalue weighted by molar-refractivity contribution is 5.25. The van der Waals surface area contributed by atoms with Crippen LogP contribution in [0.3, 0.4) is 0 Å². The van der Waals surface area contributed by atoms with Gasteiger partial charge in [0, 0.05) is 0 Å². The number of aryl methyl sites for hydroxylation is 1. The molecule has 1 rings (SSSR count). The third-order valence-corrected chi connectivity index (χ3v) is 5.32. The molecule has 0 aliphatic heterocycles. The molecule has 0 heteroatoms. The highest BCUT2D eigenvalue weighted by Gasteiger charge is 2.18. The monoisotopic (exact) mass is 332 g/mol. The average molecular weight is 333 g/mol. The van der Waals surface area contributed by atoms with Crippen LogP contribution in [0, 0.1) is 12.8 Å². The maximum atomic E-state index is 2.49. The highest BCUT2D eigenvalue weighted by Crippen LogP contribution is 2.33. The Hall–Kier alpha value is -0.780. The molecule has 1 aromatic rings. The van der Waals surface area contributed by atoms with Gasteiger partial charge >= 0.3 is 0 Å². The van der Waals surface area contributed by atoms with Gasteiger partial charge in [-0.25, -0.2) is 0 Å². The molecule has 0 fully saturated rings. The van der Waals surface area contributed by atoms with Gasteiger partial charge in [0.05, 0.1) is 0 Å². The summed E-state index contributed by atoms with van der Waals surface area (Å²) in [4.78, 5) is 0. The van der Waals surface area contributed by atoms with Crippen molar-refractivity contribution in [2.45, 2.75) is 112 Å². The summed E-state index contributed by atoms with van der Waals surface area (Å²) >= 11 is 0. The van der Waals surface area contributed by atoms with E-state index in [9.17, 15) is 0 Å². The van der Waals surface area contributed by atoms with Crippen LogP contribution in [-0.4, -0.2) is 0 Å². The summed E-state index contributed by atoms with van der Waals surface area (Å²) in [6.07, 6.45) is 15.3. The van der Waals surface area contributed by atoms with E-state index in [1.807, 2.05) is 0 Å². The van der Waals surface area contributed by atoms with Crippen LogP contribution < -0.4 is 0 Å². The minimum Gasteiger partial charge on any atom is -0.0776 e. The zero-order chi connectivity index (χ0) is 16.9. The van der Waals surface area contributed by atoms with Crippen LogP contribution in [-0.2, 0) is 0 Å². The standard InChI is InChI=1S/C23H40.CH4/c1-5-7-9-11-13-15-23(21(4)14-12-10-8-6-2)22-18-16-20(3)17-19-22;/h16-19,21,23H,5-15H2,1-4H3;1H4. The van der Waals surface area contributed by atoms with Gasteiger partial charge in [0.15, 0.2) is 0 Å². The molecule has 0 aliphatic rings. The molecular weight excluding hydrogens is 288 g/mol. The maximum absolute atomic E-state index is 2.49. The van der Waals surface area contributed by atoms with Crippen LogP contribution in [0.5, 0.6) is 0 Å². The second-order valence-electron chi connectivity index (χ2n) is 7.55. The maximum Gasteiger partial charge on any atom is -0.0136 e. The normalized spacial score (nSPS) is 13.3. The SMILES string of the molecule is C.CCCCCCCC(c1ccc(C)cc1)C(C)CCCCCC. The van der Waals surface area contributed by atoms with Crippen molar-refractivity contribution in [1.82, 2.24) is 0 Å². The lowest BCUT2D eigenvalue weighted by molar-refractivity contribution is 0.378. The fourth-order valence-electron chi connectivity index (χ4n) is 3.66. The Balaban J connectivity index is 0.00000529. The predicted octanol–water partition coefficient (Wildman–Crippen LogP) is 8.68. The van der Waals surface area contributed by atoms with Gasteiger partial charge in [0.25, 0.3) is 0 Å². The molecule has 0 bridgehead atoms. The topological polar surface area (TPSA) is 0 Å². The molecule has 0 N–H and O–H groups in total. The fraction of sp³-hybridized carbons (Fsp3) is 0.750. The van der Waals surface area contributed by atoms with Gasteiger partial charge in [0.1, 0.15) is 0 Å². The van der Waals surface area contributed by atoms with Crippen LogP contribution in [0.15, 0.2) is 24.3 Å². The lowest BCUT2D eigenvalue weighted by Crippen LogP contribution is -2.10. The van der Waals surface area contributed by atoms with Gasteiger partial charge in [-0.1, -0.05) is 122 Å². The van der Waals surface area contributed by atoms with Crippen molar-refractivity contribution in [3.8, 4) is 0 Å². The zero-order valence-corrected chi connectivity index (χ0v) is 16.2. The molecule has 0 saturated heterocycles. The second kappa shape index (κ2) is 14.6. The van der Waals surface area contributed by atoms with E-state index < -0.39 is 0 Å². The largest absolute Gasteiger partial charge is 0.0776 e. The van der Waals surface area contributed by atoms with Crippen molar-refractivity contribution < 1.29 is 0 Å². The minimum absolute atomic E-state index is 0. The first-order valence-corrected chi connectivity index (χ1v) is 10.3. The van der Waals surface area contributed by atoms with E-state index >= 15 is 0 Å². The summed E-state index contributed by atoms with van der Waals surface area (Å²) in [5, 5.41) is 0. The van der Waals surface area contributed by atoms with Gasteiger partial charge in [-0.2, -0.15) is 0 Å². The summed E-state index contributed by atoms with van der Waals surface area (Å²) in [5.74, 6) is 1.58. The summed E-state index contributed by atoms with van der Waals surface area (Å²) in [7, 11) is 0. The molecule has 1 aromatic carbocycles. The number of hydrogen-bond donors (Lipinski definition) is 0. The number of benzene rings is 1. The summed E-state index contributed by atoms with van der Waals surface area (Å²) in [5.41, 5.74) is 2.96. The molecule has 2 atom stereocenters. The number of hydrogen-bond acceptors (Lipinski definition) is 0. The lowest BCUT2D eigenvalue weighted by atomic mass is 9.80. The van der Waals surface area contributed by atoms with Gasteiger partial charge in [-0.15, -0.1) is 0 Å². The Morgan fingerprint density at radius 2 is 1.21 bits per heavy atom. The third-order valence-electron chi connectivity index (χ3n) is 5.32. The van der Waals surface area contributed by atoms with E-state index in [0.717, 1.165) is 11.8 Å². The first-order valence-electron chi connectivity index (χ1n) is 10.3. The molecule has 0 heterocycles. The van der Waals surface area contributed by atoms with Crippen molar-refractivity contribution in [3.63, 3.8) is 0 Å². The summed E-state index contributed by atoms with van der Waals surface area (Å²) < 4.78 is 0. The highest BCUT2D eigenvalue weighted by atomic mass is 14.2. The van der Waals surface area contributed by atoms with Crippen LogP contribution >= 0.6 is 0 Å². The van der Waals surface area contributed by atoms with Crippen LogP contribution in [0.2, 0.25) is 0 Å². The molecule has 24 heavy (non-hydrogen) atoms. The van der Waals surface area contributed by atoms with Crippen LogP contribution in [0.4, 0.5) is 0 Å². The summed E-state index contributed by atoms with van der Waals surface area (Å²) in [6, 6.07) is 9.36. The van der Waals surface area contributed by atoms with E-state index in [0.29, 0.717) is 0 Å². The molecule has 0 aliphatic carbocycles. The number of unbranched alkanes of at least 4 members (excludes halogenated alkanes) is 7. The van der Waals surface area contributed by atoms with Crippen molar-refractivity contribution in [3.05, 3.63) is 35.4 Å². The van der Waals surface area contributed by atoms with E-state index in [4.69, 9.17) is 0 Å². The van der Waals surface area contributed by atoms with Crippen molar-refractivity contribution in [2.24, 2.45) is 5.92 Å². The molecule has 0 radical (unpaired) electrons. The quantitative estimate of drug-likeness (QED) is 0.317. The lowest BCUT2D eigenvalue weighted by Gasteiger charge is -2.25. The van der Waals surface area contributed by atoms with Gasteiger partial charge in [-0.05, 0) is 30.7 Å². The Morgan fingerprint density at radius 3 is 1.79 bits per heavy atom. The van der Waals surface area contributed by atoms with E-state index in [1.54, 1.807) is 5.56 Å². The Morgan fingerprint density at radius 1 is 0.708 bits per heavy atom. The minimum atomic E-state index is 0. The molecule has 2 unspecified atom stereocenters. The third kappa shape index (κ3) is 9.50. The van der Waals surface area contributed by atoms with Gasteiger partial charge in [0.2, 0.25) is 0 Å². The summed E-state index contributed by atoms with van der Waals surface area (Å²) in [6.45, 7) is 9.28. The van der Waals surface area contributed by atoms with Crippen LogP contribution in [0.1, 0.15) is 116 Å². The fourth-order valence-corrected chi connectivity index (χ4v) is 3.66.